The number of benzene rings is 2. The molecule has 3 aromatic rings. The van der Waals surface area contributed by atoms with Gasteiger partial charge in [-0.25, -0.2) is 9.59 Å². The molecule has 0 fully saturated rings. The lowest BCUT2D eigenvalue weighted by molar-refractivity contribution is -0.145. The summed E-state index contributed by atoms with van der Waals surface area (Å²) in [5.74, 6) is -1.62. The Labute approximate surface area is 217 Å². The SMILES string of the molecule is COC(=O)[C@H](Cc1ccccc1)NC(=O)C(Cc1c(C(F)(F)F)[nH]c2ccccc12)NC(=O)OC(C)(C)C. The summed E-state index contributed by atoms with van der Waals surface area (Å²) in [7, 11) is 1.16. The summed E-state index contributed by atoms with van der Waals surface area (Å²) in [5.41, 5.74) is -1.22. The van der Waals surface area contributed by atoms with Gasteiger partial charge in [-0.15, -0.1) is 0 Å². The fourth-order valence-electron chi connectivity index (χ4n) is 3.97. The summed E-state index contributed by atoms with van der Waals surface area (Å²) in [4.78, 5) is 40.8. The highest BCUT2D eigenvalue weighted by molar-refractivity contribution is 5.91. The fourth-order valence-corrected chi connectivity index (χ4v) is 3.97. The number of alkyl carbamates (subject to hydrolysis) is 1. The maximum absolute atomic E-state index is 13.9. The minimum absolute atomic E-state index is 0.0687. The van der Waals surface area contributed by atoms with Gasteiger partial charge in [0, 0.05) is 23.7 Å². The molecule has 0 bridgehead atoms. The molecule has 2 amide bonds. The Hall–Kier alpha value is -4.02. The second-order valence-electron chi connectivity index (χ2n) is 9.70. The number of rotatable bonds is 8. The van der Waals surface area contributed by atoms with Gasteiger partial charge in [-0.1, -0.05) is 48.5 Å². The van der Waals surface area contributed by atoms with Crippen LogP contribution in [-0.2, 0) is 38.1 Å². The van der Waals surface area contributed by atoms with Crippen molar-refractivity contribution in [1.29, 1.82) is 0 Å². The summed E-state index contributed by atoms with van der Waals surface area (Å²) in [5, 5.41) is 5.15. The number of carbonyl (C=O) groups excluding carboxylic acids is 3. The van der Waals surface area contributed by atoms with E-state index in [1.54, 1.807) is 63.2 Å². The van der Waals surface area contributed by atoms with Crippen LogP contribution >= 0.6 is 0 Å². The topological polar surface area (TPSA) is 110 Å². The van der Waals surface area contributed by atoms with Gasteiger partial charge >= 0.3 is 18.2 Å². The largest absolute Gasteiger partial charge is 0.467 e. The second-order valence-corrected chi connectivity index (χ2v) is 9.70. The molecule has 0 saturated carbocycles. The lowest BCUT2D eigenvalue weighted by Crippen LogP contribution is -2.54. The van der Waals surface area contributed by atoms with Crippen molar-refractivity contribution >= 4 is 28.9 Å². The predicted octanol–water partition coefficient (Wildman–Crippen LogP) is 4.52. The van der Waals surface area contributed by atoms with E-state index in [-0.39, 0.29) is 22.9 Å². The number of nitrogens with one attached hydrogen (secondary N) is 3. The van der Waals surface area contributed by atoms with Gasteiger partial charge in [0.1, 0.15) is 23.4 Å². The highest BCUT2D eigenvalue weighted by Crippen LogP contribution is 2.36. The molecular formula is C27H30F3N3O5. The summed E-state index contributed by atoms with van der Waals surface area (Å²) < 4.78 is 51.8. The number of fused-ring (bicyclic) bond motifs is 1. The lowest BCUT2D eigenvalue weighted by Gasteiger charge is -2.25. The summed E-state index contributed by atoms with van der Waals surface area (Å²) in [6.07, 6.45) is -6.20. The van der Waals surface area contributed by atoms with Gasteiger partial charge in [0.15, 0.2) is 0 Å². The highest BCUT2D eigenvalue weighted by atomic mass is 19.4. The molecule has 1 unspecified atom stereocenters. The van der Waals surface area contributed by atoms with Gasteiger partial charge in [-0.3, -0.25) is 4.79 Å². The van der Waals surface area contributed by atoms with Crippen molar-refractivity contribution < 1.29 is 37.0 Å². The molecule has 1 heterocycles. The first-order chi connectivity index (χ1) is 17.8. The maximum atomic E-state index is 13.9. The number of H-pyrrole nitrogens is 1. The van der Waals surface area contributed by atoms with Crippen LogP contribution in [0.4, 0.5) is 18.0 Å². The minimum Gasteiger partial charge on any atom is -0.467 e. The van der Waals surface area contributed by atoms with Crippen molar-refractivity contribution in [2.24, 2.45) is 0 Å². The molecule has 8 nitrogen and oxygen atoms in total. The zero-order valence-corrected chi connectivity index (χ0v) is 21.4. The highest BCUT2D eigenvalue weighted by Gasteiger charge is 2.38. The van der Waals surface area contributed by atoms with E-state index in [2.05, 4.69) is 15.6 Å². The quantitative estimate of drug-likeness (QED) is 0.369. The van der Waals surface area contributed by atoms with Crippen LogP contribution in [0.2, 0.25) is 0 Å². The van der Waals surface area contributed by atoms with E-state index in [0.29, 0.717) is 0 Å². The molecule has 204 valence electrons. The van der Waals surface area contributed by atoms with Gasteiger partial charge in [-0.2, -0.15) is 13.2 Å². The van der Waals surface area contributed by atoms with Crippen LogP contribution in [0.1, 0.15) is 37.6 Å². The van der Waals surface area contributed by atoms with E-state index in [4.69, 9.17) is 9.47 Å². The molecule has 3 N–H and O–H groups in total. The third kappa shape index (κ3) is 7.50. The van der Waals surface area contributed by atoms with E-state index >= 15 is 0 Å². The Kier molecular flexibility index (Phi) is 8.70. The number of para-hydroxylation sites is 1. The van der Waals surface area contributed by atoms with Gasteiger partial charge in [0.25, 0.3) is 0 Å². The first kappa shape index (κ1) is 28.5. The second kappa shape index (κ2) is 11.6. The maximum Gasteiger partial charge on any atom is 0.431 e. The number of esters is 1. The van der Waals surface area contributed by atoms with Crippen LogP contribution in [0.25, 0.3) is 10.9 Å². The minimum atomic E-state index is -4.75. The molecule has 38 heavy (non-hydrogen) atoms. The number of hydrogen-bond donors (Lipinski definition) is 3. The number of halogens is 3. The third-order valence-electron chi connectivity index (χ3n) is 5.60. The average molecular weight is 534 g/mol. The summed E-state index contributed by atoms with van der Waals surface area (Å²) >= 11 is 0. The molecule has 0 aliphatic carbocycles. The van der Waals surface area contributed by atoms with Gasteiger partial charge in [0.05, 0.1) is 7.11 Å². The number of hydrogen-bond acceptors (Lipinski definition) is 5. The van der Waals surface area contributed by atoms with Crippen LogP contribution in [0.5, 0.6) is 0 Å². The molecule has 3 rings (SSSR count). The van der Waals surface area contributed by atoms with Crippen molar-refractivity contribution in [2.45, 2.75) is 57.5 Å². The number of amides is 2. The van der Waals surface area contributed by atoms with Crippen molar-refractivity contribution in [3.05, 3.63) is 71.4 Å². The average Bonchev–Trinajstić information content (AvgIpc) is 3.21. The van der Waals surface area contributed by atoms with Crippen molar-refractivity contribution in [3.8, 4) is 0 Å². The summed E-state index contributed by atoms with van der Waals surface area (Å²) in [6, 6.07) is 12.3. The number of aromatic amines is 1. The molecule has 2 atom stereocenters. The van der Waals surface area contributed by atoms with E-state index in [9.17, 15) is 27.6 Å². The van der Waals surface area contributed by atoms with Crippen LogP contribution in [0.15, 0.2) is 54.6 Å². The molecule has 0 aliphatic heterocycles. The Balaban J connectivity index is 1.96. The van der Waals surface area contributed by atoms with E-state index in [1.165, 1.54) is 12.1 Å². The van der Waals surface area contributed by atoms with E-state index in [1.807, 2.05) is 0 Å². The number of carbonyl (C=O) groups is 3. The van der Waals surface area contributed by atoms with Gasteiger partial charge < -0.3 is 25.1 Å². The van der Waals surface area contributed by atoms with Gasteiger partial charge in [-0.05, 0) is 38.0 Å². The van der Waals surface area contributed by atoms with E-state index in [0.717, 1.165) is 12.7 Å². The van der Waals surface area contributed by atoms with Crippen LogP contribution in [0, 0.1) is 0 Å². The first-order valence-corrected chi connectivity index (χ1v) is 11.9. The third-order valence-corrected chi connectivity index (χ3v) is 5.60. The molecule has 2 aromatic carbocycles. The van der Waals surface area contributed by atoms with Crippen molar-refractivity contribution in [3.63, 3.8) is 0 Å². The lowest BCUT2D eigenvalue weighted by atomic mass is 10.00. The zero-order valence-electron chi connectivity index (χ0n) is 21.4. The Morgan fingerprint density at radius 1 is 0.895 bits per heavy atom. The number of methoxy groups -OCH3 is 1. The Morgan fingerprint density at radius 2 is 1.53 bits per heavy atom. The van der Waals surface area contributed by atoms with Crippen molar-refractivity contribution in [2.75, 3.05) is 7.11 Å². The van der Waals surface area contributed by atoms with Crippen LogP contribution in [0.3, 0.4) is 0 Å². The molecule has 0 saturated heterocycles. The first-order valence-electron chi connectivity index (χ1n) is 11.9. The standard InChI is InChI=1S/C27H30F3N3O5/c1-26(2,3)38-25(36)33-20(15-18-17-12-8-9-13-19(17)31-22(18)27(28,29)30)23(34)32-21(24(35)37-4)14-16-10-6-5-7-11-16/h5-13,20-21,31H,14-15H2,1-4H3,(H,32,34)(H,33,36)/t20?,21-/m0/s1. The molecule has 0 spiro atoms. The smallest absolute Gasteiger partial charge is 0.431 e. The number of alkyl halides is 3. The van der Waals surface area contributed by atoms with Crippen LogP contribution in [-0.4, -0.2) is 47.7 Å². The molecule has 1 aromatic heterocycles. The molecular weight excluding hydrogens is 503 g/mol. The van der Waals surface area contributed by atoms with Crippen molar-refractivity contribution in [1.82, 2.24) is 15.6 Å². The monoisotopic (exact) mass is 533 g/mol. The number of aromatic nitrogens is 1. The fraction of sp³-hybridized carbons (Fsp3) is 0.370. The summed E-state index contributed by atoms with van der Waals surface area (Å²) in [6.45, 7) is 4.82. The molecule has 0 radical (unpaired) electrons. The Bertz CT molecular complexity index is 1280. The molecule has 0 aliphatic rings. The van der Waals surface area contributed by atoms with Crippen LogP contribution < -0.4 is 10.6 Å². The van der Waals surface area contributed by atoms with Gasteiger partial charge in [0.2, 0.25) is 5.91 Å². The zero-order chi connectivity index (χ0) is 28.1. The van der Waals surface area contributed by atoms with E-state index < -0.39 is 53.9 Å². The predicted molar refractivity (Wildman–Crippen MR) is 134 cm³/mol. The Morgan fingerprint density at radius 3 is 2.13 bits per heavy atom. The number of ether oxygens (including phenoxy) is 2. The normalized spacial score (nSPS) is 13.4. The molecule has 11 heteroatoms.